The summed E-state index contributed by atoms with van der Waals surface area (Å²) in [5, 5.41) is 3.15. The first-order chi connectivity index (χ1) is 18.1. The topological polar surface area (TPSA) is 75.7 Å². The Kier molecular flexibility index (Phi) is 9.75. The fourth-order valence-electron chi connectivity index (χ4n) is 5.78. The molecule has 198 valence electrons. The van der Waals surface area contributed by atoms with Crippen LogP contribution in [-0.2, 0) is 32.1 Å². The number of likely N-dealkylation sites (tertiary alicyclic amines) is 1. The molecule has 4 rings (SSSR count). The third-order valence-electron chi connectivity index (χ3n) is 7.92. The van der Waals surface area contributed by atoms with Gasteiger partial charge < -0.3 is 15.0 Å². The number of nitrogens with zero attached hydrogens (tertiary/aromatic N) is 1. The minimum atomic E-state index is -0.531. The Balaban J connectivity index is 1.38. The number of aryl methyl sites for hydroxylation is 1. The Bertz CT molecular complexity index is 1020. The van der Waals surface area contributed by atoms with Crippen LogP contribution in [0.2, 0.25) is 0 Å². The number of hydrogen-bond acceptors (Lipinski definition) is 4. The third kappa shape index (κ3) is 7.67. The van der Waals surface area contributed by atoms with Gasteiger partial charge in [-0.25, -0.2) is 0 Å². The average Bonchev–Trinajstić information content (AvgIpc) is 3.58. The summed E-state index contributed by atoms with van der Waals surface area (Å²) in [5.74, 6) is -0.284. The summed E-state index contributed by atoms with van der Waals surface area (Å²) in [6.07, 6.45) is 7.87. The molecule has 1 aliphatic carbocycles. The maximum absolute atomic E-state index is 13.5. The van der Waals surface area contributed by atoms with E-state index < -0.39 is 5.41 Å². The van der Waals surface area contributed by atoms with Crippen LogP contribution in [0.4, 0.5) is 0 Å². The van der Waals surface area contributed by atoms with E-state index in [4.69, 9.17) is 4.74 Å². The Labute approximate surface area is 220 Å². The molecule has 0 aromatic heterocycles. The first kappa shape index (κ1) is 26.9. The maximum Gasteiger partial charge on any atom is 0.309 e. The van der Waals surface area contributed by atoms with Crippen LogP contribution in [0.1, 0.15) is 68.9 Å². The van der Waals surface area contributed by atoms with Crippen molar-refractivity contribution in [1.82, 2.24) is 10.2 Å². The highest BCUT2D eigenvalue weighted by molar-refractivity contribution is 5.84. The van der Waals surface area contributed by atoms with Crippen molar-refractivity contribution in [3.8, 4) is 0 Å². The second-order valence-corrected chi connectivity index (χ2v) is 10.6. The number of carbonyl (C=O) groups is 3. The number of esters is 1. The highest BCUT2D eigenvalue weighted by Gasteiger charge is 2.44. The first-order valence-electron chi connectivity index (χ1n) is 13.9. The van der Waals surface area contributed by atoms with E-state index in [9.17, 15) is 14.4 Å². The van der Waals surface area contributed by atoms with Gasteiger partial charge in [0.2, 0.25) is 11.8 Å². The number of carbonyl (C=O) groups excluding carboxylic acids is 3. The molecule has 6 nitrogen and oxygen atoms in total. The van der Waals surface area contributed by atoms with Crippen molar-refractivity contribution in [2.75, 3.05) is 19.6 Å². The molecule has 1 unspecified atom stereocenters. The molecule has 2 aromatic carbocycles. The number of benzene rings is 2. The molecule has 0 radical (unpaired) electrons. The van der Waals surface area contributed by atoms with E-state index in [1.54, 1.807) is 0 Å². The zero-order chi connectivity index (χ0) is 25.9. The number of amides is 2. The lowest BCUT2D eigenvalue weighted by atomic mass is 9.75. The summed E-state index contributed by atoms with van der Waals surface area (Å²) in [6.45, 7) is 2.32. The van der Waals surface area contributed by atoms with Gasteiger partial charge in [0.05, 0.1) is 5.92 Å². The lowest BCUT2D eigenvalue weighted by Gasteiger charge is -2.31. The van der Waals surface area contributed by atoms with Gasteiger partial charge in [0.15, 0.2) is 0 Å². The minimum Gasteiger partial charge on any atom is -0.461 e. The Morgan fingerprint density at radius 1 is 0.946 bits per heavy atom. The molecule has 2 aromatic rings. The number of ether oxygens (including phenoxy) is 1. The molecule has 37 heavy (non-hydrogen) atoms. The summed E-state index contributed by atoms with van der Waals surface area (Å²) >= 11 is 0. The normalized spacial score (nSPS) is 17.5. The third-order valence-corrected chi connectivity index (χ3v) is 7.92. The van der Waals surface area contributed by atoms with E-state index in [1.165, 1.54) is 5.56 Å². The van der Waals surface area contributed by atoms with Crippen molar-refractivity contribution in [1.29, 1.82) is 0 Å². The summed E-state index contributed by atoms with van der Waals surface area (Å²) in [5.41, 5.74) is 1.61. The monoisotopic (exact) mass is 504 g/mol. The van der Waals surface area contributed by atoms with E-state index >= 15 is 0 Å². The van der Waals surface area contributed by atoms with Gasteiger partial charge in [-0.15, -0.1) is 0 Å². The summed E-state index contributed by atoms with van der Waals surface area (Å²) < 4.78 is 5.77. The van der Waals surface area contributed by atoms with Crippen LogP contribution in [-0.4, -0.2) is 42.3 Å². The second-order valence-electron chi connectivity index (χ2n) is 10.6. The van der Waals surface area contributed by atoms with Gasteiger partial charge in [-0.1, -0.05) is 73.5 Å². The van der Waals surface area contributed by atoms with Gasteiger partial charge in [-0.3, -0.25) is 14.4 Å². The van der Waals surface area contributed by atoms with Crippen LogP contribution in [0, 0.1) is 11.3 Å². The predicted octanol–water partition coefficient (Wildman–Crippen LogP) is 5.06. The molecular formula is C31H40N2O4. The molecule has 1 N–H and O–H groups in total. The zero-order valence-electron chi connectivity index (χ0n) is 21.8. The summed E-state index contributed by atoms with van der Waals surface area (Å²) in [6, 6.07) is 19.9. The largest absolute Gasteiger partial charge is 0.461 e. The SMILES string of the molecule is O=C(OCc1ccccc1)C(CCc1ccccc1)CC1(C(=O)NCCCN2CCCC2=O)CCCC1. The summed E-state index contributed by atoms with van der Waals surface area (Å²) in [4.78, 5) is 40.6. The molecule has 6 heteroatoms. The highest BCUT2D eigenvalue weighted by Crippen LogP contribution is 2.44. The van der Waals surface area contributed by atoms with Crippen LogP contribution in [0.15, 0.2) is 60.7 Å². The highest BCUT2D eigenvalue weighted by atomic mass is 16.5. The van der Waals surface area contributed by atoms with E-state index in [1.807, 2.05) is 53.4 Å². The van der Waals surface area contributed by atoms with Gasteiger partial charge in [-0.05, 0) is 56.1 Å². The van der Waals surface area contributed by atoms with Crippen molar-refractivity contribution < 1.29 is 19.1 Å². The lowest BCUT2D eigenvalue weighted by Crippen LogP contribution is -2.42. The van der Waals surface area contributed by atoms with Gasteiger partial charge in [-0.2, -0.15) is 0 Å². The number of hydrogen-bond donors (Lipinski definition) is 1. The van der Waals surface area contributed by atoms with Crippen LogP contribution in [0.25, 0.3) is 0 Å². The molecule has 0 bridgehead atoms. The Morgan fingerprint density at radius 2 is 1.62 bits per heavy atom. The molecule has 1 heterocycles. The minimum absolute atomic E-state index is 0.0540. The second kappa shape index (κ2) is 13.4. The molecule has 1 saturated carbocycles. The molecular weight excluding hydrogens is 464 g/mol. The van der Waals surface area contributed by atoms with Gasteiger partial charge in [0, 0.05) is 31.5 Å². The molecule has 2 fully saturated rings. The smallest absolute Gasteiger partial charge is 0.309 e. The zero-order valence-corrected chi connectivity index (χ0v) is 21.8. The molecule has 1 saturated heterocycles. The van der Waals surface area contributed by atoms with Gasteiger partial charge >= 0.3 is 5.97 Å². The van der Waals surface area contributed by atoms with E-state index in [0.717, 1.165) is 57.1 Å². The van der Waals surface area contributed by atoms with E-state index in [2.05, 4.69) is 17.4 Å². The van der Waals surface area contributed by atoms with E-state index in [-0.39, 0.29) is 30.3 Å². The van der Waals surface area contributed by atoms with Gasteiger partial charge in [0.1, 0.15) is 6.61 Å². The average molecular weight is 505 g/mol. The maximum atomic E-state index is 13.5. The molecule has 2 aliphatic rings. The van der Waals surface area contributed by atoms with E-state index in [0.29, 0.717) is 32.4 Å². The summed E-state index contributed by atoms with van der Waals surface area (Å²) in [7, 11) is 0. The Morgan fingerprint density at radius 3 is 2.27 bits per heavy atom. The predicted molar refractivity (Wildman–Crippen MR) is 143 cm³/mol. The van der Waals surface area contributed by atoms with Crippen molar-refractivity contribution >= 4 is 17.8 Å². The Hall–Kier alpha value is -3.15. The van der Waals surface area contributed by atoms with Crippen molar-refractivity contribution in [3.63, 3.8) is 0 Å². The molecule has 1 aliphatic heterocycles. The standard InChI is InChI=1S/C31H40N2O4/c34-28-15-9-21-33(28)22-10-20-32-30(36)31(18-7-8-19-31)23-27(17-16-25-11-3-1-4-12-25)29(35)37-24-26-13-5-2-6-14-26/h1-6,11-14,27H,7-10,15-24H2,(H,32,36). The fourth-order valence-corrected chi connectivity index (χ4v) is 5.78. The quantitative estimate of drug-likeness (QED) is 0.306. The van der Waals surface area contributed by atoms with Crippen LogP contribution >= 0.6 is 0 Å². The molecule has 0 spiro atoms. The van der Waals surface area contributed by atoms with Crippen molar-refractivity contribution in [3.05, 3.63) is 71.8 Å². The number of nitrogens with one attached hydrogen (secondary N) is 1. The van der Waals surface area contributed by atoms with Crippen LogP contribution < -0.4 is 5.32 Å². The van der Waals surface area contributed by atoms with Crippen LogP contribution in [0.3, 0.4) is 0 Å². The van der Waals surface area contributed by atoms with Crippen molar-refractivity contribution in [2.45, 2.75) is 70.8 Å². The molecule has 2 amide bonds. The van der Waals surface area contributed by atoms with Crippen LogP contribution in [0.5, 0.6) is 0 Å². The first-order valence-corrected chi connectivity index (χ1v) is 13.9. The lowest BCUT2D eigenvalue weighted by molar-refractivity contribution is -0.152. The van der Waals surface area contributed by atoms with Gasteiger partial charge in [0.25, 0.3) is 0 Å². The molecule has 1 atom stereocenters. The fraction of sp³-hybridized carbons (Fsp3) is 0.516. The number of rotatable bonds is 13. The van der Waals surface area contributed by atoms with Crippen molar-refractivity contribution in [2.24, 2.45) is 11.3 Å².